The predicted molar refractivity (Wildman–Crippen MR) is 62.2 cm³/mol. The zero-order chi connectivity index (χ0) is 10.2. The molecule has 14 heavy (non-hydrogen) atoms. The molecule has 2 fully saturated rings. The van der Waals surface area contributed by atoms with Crippen LogP contribution < -0.4 is 0 Å². The first kappa shape index (κ1) is 10.5. The van der Waals surface area contributed by atoms with E-state index in [2.05, 4.69) is 20.8 Å². The Hall–Kier alpha value is 0. The molecule has 0 aromatic heterocycles. The monoisotopic (exact) mass is 194 g/mol. The summed E-state index contributed by atoms with van der Waals surface area (Å²) in [5.74, 6) is 2.95. The van der Waals surface area contributed by atoms with Crippen LogP contribution in [-0.2, 0) is 0 Å². The zero-order valence-electron chi connectivity index (χ0n) is 10.2. The Labute approximate surface area is 89.5 Å². The summed E-state index contributed by atoms with van der Waals surface area (Å²) in [4.78, 5) is 0. The average Bonchev–Trinajstić information content (AvgIpc) is 2.16. The predicted octanol–water partition coefficient (Wildman–Crippen LogP) is 4.64. The van der Waals surface area contributed by atoms with E-state index < -0.39 is 0 Å². The van der Waals surface area contributed by atoms with Gasteiger partial charge < -0.3 is 0 Å². The second-order valence-electron chi connectivity index (χ2n) is 6.17. The largest absolute Gasteiger partial charge is 0.0625 e. The minimum Gasteiger partial charge on any atom is -0.0625 e. The van der Waals surface area contributed by atoms with Crippen LogP contribution in [0.5, 0.6) is 0 Å². The molecular weight excluding hydrogens is 168 g/mol. The fourth-order valence-electron chi connectivity index (χ4n) is 4.45. The molecule has 0 N–H and O–H groups in total. The Morgan fingerprint density at radius 2 is 1.29 bits per heavy atom. The molecule has 82 valence electrons. The van der Waals surface area contributed by atoms with Crippen molar-refractivity contribution >= 4 is 0 Å². The molecule has 0 aromatic carbocycles. The lowest BCUT2D eigenvalue weighted by atomic mass is 9.53. The molecule has 2 rings (SSSR count). The summed E-state index contributed by atoms with van der Waals surface area (Å²) in [6.07, 6.45) is 10.5. The van der Waals surface area contributed by atoms with Gasteiger partial charge in [0.05, 0.1) is 0 Å². The van der Waals surface area contributed by atoms with Crippen molar-refractivity contribution in [3.63, 3.8) is 0 Å². The van der Waals surface area contributed by atoms with Gasteiger partial charge >= 0.3 is 0 Å². The van der Waals surface area contributed by atoms with Gasteiger partial charge in [0, 0.05) is 0 Å². The molecule has 0 aromatic rings. The van der Waals surface area contributed by atoms with Crippen LogP contribution in [-0.4, -0.2) is 0 Å². The van der Waals surface area contributed by atoms with Crippen molar-refractivity contribution in [3.05, 3.63) is 0 Å². The lowest BCUT2D eigenvalue weighted by Crippen LogP contribution is -2.42. The van der Waals surface area contributed by atoms with Gasteiger partial charge in [-0.25, -0.2) is 0 Å². The van der Waals surface area contributed by atoms with Gasteiger partial charge in [-0.3, -0.25) is 0 Å². The molecular formula is C14H26. The minimum atomic E-state index is 0.755. The van der Waals surface area contributed by atoms with Crippen molar-refractivity contribution in [2.45, 2.75) is 65.7 Å². The highest BCUT2D eigenvalue weighted by atomic mass is 14.5. The van der Waals surface area contributed by atoms with Gasteiger partial charge in [0.2, 0.25) is 0 Å². The summed E-state index contributed by atoms with van der Waals surface area (Å²) >= 11 is 0. The van der Waals surface area contributed by atoms with E-state index in [0.29, 0.717) is 0 Å². The first-order valence-electron chi connectivity index (χ1n) is 6.65. The molecule has 1 spiro atoms. The fourth-order valence-corrected chi connectivity index (χ4v) is 4.45. The van der Waals surface area contributed by atoms with Gasteiger partial charge in [-0.1, -0.05) is 40.0 Å². The topological polar surface area (TPSA) is 0 Å². The second kappa shape index (κ2) is 3.87. The van der Waals surface area contributed by atoms with Gasteiger partial charge in [0.1, 0.15) is 0 Å². The van der Waals surface area contributed by atoms with Crippen molar-refractivity contribution in [1.29, 1.82) is 0 Å². The average molecular weight is 194 g/mol. The molecule has 2 saturated carbocycles. The Bertz CT molecular complexity index is 174. The van der Waals surface area contributed by atoms with Gasteiger partial charge in [0.25, 0.3) is 0 Å². The molecule has 0 bridgehead atoms. The summed E-state index contributed by atoms with van der Waals surface area (Å²) < 4.78 is 0. The van der Waals surface area contributed by atoms with Gasteiger partial charge in [-0.05, 0) is 48.9 Å². The molecule has 0 nitrogen and oxygen atoms in total. The first-order chi connectivity index (χ1) is 6.65. The lowest BCUT2D eigenvalue weighted by molar-refractivity contribution is -0.0163. The first-order valence-corrected chi connectivity index (χ1v) is 6.65. The van der Waals surface area contributed by atoms with Crippen molar-refractivity contribution in [3.8, 4) is 0 Å². The summed E-state index contributed by atoms with van der Waals surface area (Å²) in [7, 11) is 0. The van der Waals surface area contributed by atoms with Crippen molar-refractivity contribution in [1.82, 2.24) is 0 Å². The summed E-state index contributed by atoms with van der Waals surface area (Å²) in [6.45, 7) is 7.50. The van der Waals surface area contributed by atoms with Crippen molar-refractivity contribution in [2.24, 2.45) is 23.2 Å². The van der Waals surface area contributed by atoms with E-state index in [9.17, 15) is 0 Å². The zero-order valence-corrected chi connectivity index (χ0v) is 10.2. The van der Waals surface area contributed by atoms with Crippen LogP contribution in [0.1, 0.15) is 65.7 Å². The lowest BCUT2D eigenvalue weighted by Gasteiger charge is -2.52. The van der Waals surface area contributed by atoms with E-state index in [1.54, 1.807) is 0 Å². The van der Waals surface area contributed by atoms with Crippen molar-refractivity contribution in [2.75, 3.05) is 0 Å². The fraction of sp³-hybridized carbons (Fsp3) is 1.00. The van der Waals surface area contributed by atoms with Crippen LogP contribution >= 0.6 is 0 Å². The quantitative estimate of drug-likeness (QED) is 0.527. The number of hydrogen-bond acceptors (Lipinski definition) is 0. The van der Waals surface area contributed by atoms with Gasteiger partial charge in [-0.15, -0.1) is 0 Å². The molecule has 2 aliphatic rings. The molecule has 3 atom stereocenters. The Morgan fingerprint density at radius 3 is 1.79 bits per heavy atom. The summed E-state index contributed by atoms with van der Waals surface area (Å²) in [6, 6.07) is 0. The molecule has 1 unspecified atom stereocenters. The molecule has 0 radical (unpaired) electrons. The molecule has 0 heterocycles. The summed E-state index contributed by atoms with van der Waals surface area (Å²) in [5, 5.41) is 0. The third kappa shape index (κ3) is 1.61. The highest BCUT2D eigenvalue weighted by molar-refractivity contribution is 4.95. The normalized spacial score (nSPS) is 42.6. The van der Waals surface area contributed by atoms with Crippen molar-refractivity contribution < 1.29 is 0 Å². The van der Waals surface area contributed by atoms with Crippen LogP contribution in [0.3, 0.4) is 0 Å². The third-order valence-electron chi connectivity index (χ3n) is 5.26. The Balaban J connectivity index is 2.14. The van der Waals surface area contributed by atoms with E-state index in [0.717, 1.165) is 23.2 Å². The standard InChI is InChI=1S/C14H26/c1-11-9-12(2)14(13(3)10-11)7-5-4-6-8-14/h11-13H,4-10H2,1-3H3/t11?,12-,13+. The molecule has 0 amide bonds. The number of hydrogen-bond donors (Lipinski definition) is 0. The van der Waals surface area contributed by atoms with Gasteiger partial charge in [0.15, 0.2) is 0 Å². The summed E-state index contributed by atoms with van der Waals surface area (Å²) in [5.41, 5.74) is 0.755. The van der Waals surface area contributed by atoms with E-state index in [-0.39, 0.29) is 0 Å². The Morgan fingerprint density at radius 1 is 0.786 bits per heavy atom. The van der Waals surface area contributed by atoms with Gasteiger partial charge in [-0.2, -0.15) is 0 Å². The minimum absolute atomic E-state index is 0.755. The number of rotatable bonds is 0. The maximum Gasteiger partial charge on any atom is -0.0246 e. The van der Waals surface area contributed by atoms with Crippen LogP contribution in [0, 0.1) is 23.2 Å². The SMILES string of the molecule is CC1C[C@@H](C)C2(CCCCC2)[C@@H](C)C1. The van der Waals surface area contributed by atoms with Crippen LogP contribution in [0.25, 0.3) is 0 Å². The van der Waals surface area contributed by atoms with Crippen LogP contribution in [0.2, 0.25) is 0 Å². The maximum atomic E-state index is 2.53. The smallest absolute Gasteiger partial charge is 0.0246 e. The molecule has 0 heteroatoms. The van der Waals surface area contributed by atoms with E-state index >= 15 is 0 Å². The van der Waals surface area contributed by atoms with E-state index in [4.69, 9.17) is 0 Å². The highest BCUT2D eigenvalue weighted by Gasteiger charge is 2.45. The molecule has 0 saturated heterocycles. The van der Waals surface area contributed by atoms with Crippen LogP contribution in [0.4, 0.5) is 0 Å². The maximum absolute atomic E-state index is 2.53. The van der Waals surface area contributed by atoms with Crippen LogP contribution in [0.15, 0.2) is 0 Å². The van der Waals surface area contributed by atoms with E-state index in [1.807, 2.05) is 0 Å². The van der Waals surface area contributed by atoms with E-state index in [1.165, 1.54) is 44.9 Å². The highest BCUT2D eigenvalue weighted by Crippen LogP contribution is 2.55. The molecule has 0 aliphatic heterocycles. The Kier molecular flexibility index (Phi) is 2.91. The molecule has 2 aliphatic carbocycles. The second-order valence-corrected chi connectivity index (χ2v) is 6.17. The third-order valence-corrected chi connectivity index (χ3v) is 5.26.